The van der Waals surface area contributed by atoms with Crippen LogP contribution in [0.15, 0.2) is 0 Å². The highest BCUT2D eigenvalue weighted by Gasteiger charge is 2.25. The maximum atomic E-state index is 6.25. The van der Waals surface area contributed by atoms with E-state index in [2.05, 4.69) is 12.2 Å². The summed E-state index contributed by atoms with van der Waals surface area (Å²) in [4.78, 5) is 0. The molecule has 2 aliphatic carbocycles. The molecule has 0 saturated heterocycles. The standard InChI is InChI=1S/C15H29NO/c1-2-16-14-10-4-3-5-11-15(14)17-12-13-8-6-7-9-13/h13-16H,2-12H2,1H3. The predicted molar refractivity (Wildman–Crippen MR) is 72.2 cm³/mol. The molecule has 2 fully saturated rings. The lowest BCUT2D eigenvalue weighted by atomic mass is 10.1. The summed E-state index contributed by atoms with van der Waals surface area (Å²) < 4.78 is 6.25. The van der Waals surface area contributed by atoms with E-state index in [4.69, 9.17) is 4.74 Å². The Kier molecular flexibility index (Phi) is 5.79. The molecular weight excluding hydrogens is 210 g/mol. The molecule has 0 radical (unpaired) electrons. The molecule has 0 bridgehead atoms. The smallest absolute Gasteiger partial charge is 0.0728 e. The van der Waals surface area contributed by atoms with E-state index in [0.717, 1.165) is 19.1 Å². The summed E-state index contributed by atoms with van der Waals surface area (Å²) in [5.41, 5.74) is 0. The number of rotatable bonds is 5. The lowest BCUT2D eigenvalue weighted by Gasteiger charge is -2.27. The number of likely N-dealkylation sites (N-methyl/N-ethyl adjacent to an activating group) is 1. The van der Waals surface area contributed by atoms with Gasteiger partial charge in [0.05, 0.1) is 6.10 Å². The van der Waals surface area contributed by atoms with Gasteiger partial charge in [-0.3, -0.25) is 0 Å². The number of hydrogen-bond acceptors (Lipinski definition) is 2. The average Bonchev–Trinajstić information content (AvgIpc) is 2.76. The van der Waals surface area contributed by atoms with E-state index in [1.54, 1.807) is 0 Å². The van der Waals surface area contributed by atoms with Crippen LogP contribution in [-0.4, -0.2) is 25.3 Å². The molecule has 2 saturated carbocycles. The second kappa shape index (κ2) is 7.38. The minimum atomic E-state index is 0.484. The van der Waals surface area contributed by atoms with Gasteiger partial charge in [-0.05, 0) is 38.1 Å². The van der Waals surface area contributed by atoms with Crippen molar-refractivity contribution in [2.24, 2.45) is 5.92 Å². The van der Waals surface area contributed by atoms with Crippen molar-refractivity contribution < 1.29 is 4.74 Å². The Morgan fingerprint density at radius 3 is 2.41 bits per heavy atom. The van der Waals surface area contributed by atoms with Crippen LogP contribution in [0.4, 0.5) is 0 Å². The molecule has 0 heterocycles. The van der Waals surface area contributed by atoms with Crippen LogP contribution in [0.2, 0.25) is 0 Å². The first-order valence-corrected chi connectivity index (χ1v) is 7.75. The molecule has 1 N–H and O–H groups in total. The van der Waals surface area contributed by atoms with E-state index in [1.807, 2.05) is 0 Å². The predicted octanol–water partition coefficient (Wildman–Crippen LogP) is 3.50. The normalized spacial score (nSPS) is 31.6. The minimum Gasteiger partial charge on any atom is -0.376 e. The fourth-order valence-corrected chi connectivity index (χ4v) is 3.41. The SMILES string of the molecule is CCNC1CCCCCC1OCC1CCCC1. The molecule has 0 aromatic rings. The molecule has 2 unspecified atom stereocenters. The molecule has 0 spiro atoms. The molecule has 2 nitrogen and oxygen atoms in total. The van der Waals surface area contributed by atoms with Crippen molar-refractivity contribution in [1.29, 1.82) is 0 Å². The Hall–Kier alpha value is -0.0800. The Morgan fingerprint density at radius 1 is 0.941 bits per heavy atom. The molecule has 0 aromatic carbocycles. The van der Waals surface area contributed by atoms with Crippen LogP contribution in [0.25, 0.3) is 0 Å². The molecule has 0 amide bonds. The topological polar surface area (TPSA) is 21.3 Å². The van der Waals surface area contributed by atoms with Crippen molar-refractivity contribution in [2.45, 2.75) is 76.9 Å². The lowest BCUT2D eigenvalue weighted by molar-refractivity contribution is 0.00365. The maximum absolute atomic E-state index is 6.25. The highest BCUT2D eigenvalue weighted by Crippen LogP contribution is 2.27. The fraction of sp³-hybridized carbons (Fsp3) is 1.00. The highest BCUT2D eigenvalue weighted by atomic mass is 16.5. The summed E-state index contributed by atoms with van der Waals surface area (Å²) in [5.74, 6) is 0.862. The second-order valence-electron chi connectivity index (χ2n) is 5.82. The third-order valence-corrected chi connectivity index (χ3v) is 4.44. The van der Waals surface area contributed by atoms with Gasteiger partial charge in [-0.2, -0.15) is 0 Å². The van der Waals surface area contributed by atoms with E-state index in [0.29, 0.717) is 12.1 Å². The lowest BCUT2D eigenvalue weighted by Crippen LogP contribution is -2.41. The summed E-state index contributed by atoms with van der Waals surface area (Å²) >= 11 is 0. The quantitative estimate of drug-likeness (QED) is 0.741. The van der Waals surface area contributed by atoms with Gasteiger partial charge in [0.1, 0.15) is 0 Å². The zero-order valence-electron chi connectivity index (χ0n) is 11.4. The zero-order chi connectivity index (χ0) is 11.9. The summed E-state index contributed by atoms with van der Waals surface area (Å²) in [6.07, 6.45) is 12.8. The number of ether oxygens (including phenoxy) is 1. The first kappa shape index (κ1) is 13.4. The van der Waals surface area contributed by atoms with Crippen LogP contribution in [0, 0.1) is 5.92 Å². The van der Waals surface area contributed by atoms with Gasteiger partial charge in [0, 0.05) is 12.6 Å². The molecule has 2 aliphatic rings. The molecule has 2 heteroatoms. The summed E-state index contributed by atoms with van der Waals surface area (Å²) in [6, 6.07) is 0.615. The van der Waals surface area contributed by atoms with Gasteiger partial charge in [0.25, 0.3) is 0 Å². The average molecular weight is 239 g/mol. The van der Waals surface area contributed by atoms with Crippen LogP contribution < -0.4 is 5.32 Å². The van der Waals surface area contributed by atoms with Gasteiger partial charge in [0.15, 0.2) is 0 Å². The highest BCUT2D eigenvalue weighted by molar-refractivity contribution is 4.80. The Bertz CT molecular complexity index is 201. The Labute approximate surface area is 107 Å². The third kappa shape index (κ3) is 4.26. The van der Waals surface area contributed by atoms with Crippen molar-refractivity contribution in [3.8, 4) is 0 Å². The van der Waals surface area contributed by atoms with E-state index >= 15 is 0 Å². The first-order chi connectivity index (χ1) is 8.40. The van der Waals surface area contributed by atoms with Crippen LogP contribution in [-0.2, 0) is 4.74 Å². The van der Waals surface area contributed by atoms with Crippen molar-refractivity contribution in [2.75, 3.05) is 13.2 Å². The van der Waals surface area contributed by atoms with Crippen LogP contribution in [0.5, 0.6) is 0 Å². The van der Waals surface area contributed by atoms with Crippen molar-refractivity contribution in [3.05, 3.63) is 0 Å². The largest absolute Gasteiger partial charge is 0.376 e. The molecule has 17 heavy (non-hydrogen) atoms. The first-order valence-electron chi connectivity index (χ1n) is 7.75. The molecular formula is C15H29NO. The molecule has 2 rings (SSSR count). The van der Waals surface area contributed by atoms with Gasteiger partial charge in [-0.25, -0.2) is 0 Å². The van der Waals surface area contributed by atoms with Crippen molar-refractivity contribution in [1.82, 2.24) is 5.32 Å². The summed E-state index contributed by atoms with van der Waals surface area (Å²) in [6.45, 7) is 4.30. The van der Waals surface area contributed by atoms with Gasteiger partial charge in [-0.15, -0.1) is 0 Å². The minimum absolute atomic E-state index is 0.484. The van der Waals surface area contributed by atoms with Gasteiger partial charge < -0.3 is 10.1 Å². The summed E-state index contributed by atoms with van der Waals surface area (Å²) in [5, 5.41) is 3.62. The Balaban J connectivity index is 1.77. The molecule has 0 aliphatic heterocycles. The van der Waals surface area contributed by atoms with E-state index < -0.39 is 0 Å². The third-order valence-electron chi connectivity index (χ3n) is 4.44. The molecule has 100 valence electrons. The molecule has 2 atom stereocenters. The van der Waals surface area contributed by atoms with Crippen LogP contribution in [0.1, 0.15) is 64.7 Å². The maximum Gasteiger partial charge on any atom is 0.0728 e. The second-order valence-corrected chi connectivity index (χ2v) is 5.82. The van der Waals surface area contributed by atoms with E-state index in [9.17, 15) is 0 Å². The van der Waals surface area contributed by atoms with Crippen LogP contribution >= 0.6 is 0 Å². The monoisotopic (exact) mass is 239 g/mol. The number of hydrogen-bond donors (Lipinski definition) is 1. The van der Waals surface area contributed by atoms with Crippen molar-refractivity contribution in [3.63, 3.8) is 0 Å². The van der Waals surface area contributed by atoms with Crippen LogP contribution in [0.3, 0.4) is 0 Å². The molecule has 0 aromatic heterocycles. The summed E-state index contributed by atoms with van der Waals surface area (Å²) in [7, 11) is 0. The van der Waals surface area contributed by atoms with E-state index in [1.165, 1.54) is 57.8 Å². The van der Waals surface area contributed by atoms with E-state index in [-0.39, 0.29) is 0 Å². The Morgan fingerprint density at radius 2 is 1.65 bits per heavy atom. The zero-order valence-corrected chi connectivity index (χ0v) is 11.4. The van der Waals surface area contributed by atoms with Gasteiger partial charge >= 0.3 is 0 Å². The van der Waals surface area contributed by atoms with Crippen molar-refractivity contribution >= 4 is 0 Å². The van der Waals surface area contributed by atoms with Gasteiger partial charge in [0.2, 0.25) is 0 Å². The fourth-order valence-electron chi connectivity index (χ4n) is 3.41. The number of nitrogens with one attached hydrogen (secondary N) is 1. The van der Waals surface area contributed by atoms with Gasteiger partial charge in [-0.1, -0.05) is 39.0 Å².